The molecule has 0 amide bonds. The maximum atomic E-state index is 9.80. The van der Waals surface area contributed by atoms with Crippen LogP contribution in [0.15, 0.2) is 42.5 Å². The van der Waals surface area contributed by atoms with E-state index in [9.17, 15) is 15.3 Å². The largest absolute Gasteiger partial charge is 0.504 e. The van der Waals surface area contributed by atoms with Crippen LogP contribution in [0.2, 0.25) is 0 Å². The van der Waals surface area contributed by atoms with Crippen LogP contribution in [-0.4, -0.2) is 45.9 Å². The molecule has 1 aromatic heterocycles. The number of aromatic hydroxyl groups is 2. The van der Waals surface area contributed by atoms with Gasteiger partial charge in [-0.05, 0) is 42.5 Å². The lowest BCUT2D eigenvalue weighted by Crippen LogP contribution is -2.05. The number of phenols is 2. The summed E-state index contributed by atoms with van der Waals surface area (Å²) in [7, 11) is 2.97. The van der Waals surface area contributed by atoms with Gasteiger partial charge in [-0.1, -0.05) is 0 Å². The Morgan fingerprint density at radius 3 is 2.04 bits per heavy atom. The van der Waals surface area contributed by atoms with Crippen molar-refractivity contribution in [3.63, 3.8) is 0 Å². The quantitative estimate of drug-likeness (QED) is 0.628. The molecule has 0 fully saturated rings. The molecule has 3 N–H and O–H groups in total. The molecule has 0 saturated heterocycles. The Labute approximate surface area is 150 Å². The van der Waals surface area contributed by atoms with Gasteiger partial charge in [-0.3, -0.25) is 4.68 Å². The van der Waals surface area contributed by atoms with Crippen LogP contribution >= 0.6 is 0 Å². The van der Waals surface area contributed by atoms with E-state index in [0.717, 1.165) is 16.8 Å². The monoisotopic (exact) mass is 356 g/mol. The molecule has 0 saturated carbocycles. The third-order valence-corrected chi connectivity index (χ3v) is 4.04. The molecule has 0 bridgehead atoms. The van der Waals surface area contributed by atoms with Gasteiger partial charge in [0.1, 0.15) is 0 Å². The normalized spacial score (nSPS) is 10.7. The number of ether oxygens (including phenoxy) is 2. The lowest BCUT2D eigenvalue weighted by molar-refractivity contribution is 0.270. The first-order chi connectivity index (χ1) is 12.6. The van der Waals surface area contributed by atoms with Gasteiger partial charge in [0.2, 0.25) is 0 Å². The maximum Gasteiger partial charge on any atom is 0.161 e. The molecule has 7 heteroatoms. The number of rotatable bonds is 6. The number of methoxy groups -OCH3 is 2. The zero-order chi connectivity index (χ0) is 18.7. The predicted octanol–water partition coefficient (Wildman–Crippen LogP) is 2.64. The molecule has 0 aliphatic rings. The Morgan fingerprint density at radius 2 is 1.46 bits per heavy atom. The summed E-state index contributed by atoms with van der Waals surface area (Å²) in [4.78, 5) is 0. The van der Waals surface area contributed by atoms with Gasteiger partial charge < -0.3 is 24.8 Å². The Balaban J connectivity index is 2.09. The molecule has 3 rings (SSSR count). The average molecular weight is 356 g/mol. The van der Waals surface area contributed by atoms with Crippen molar-refractivity contribution in [1.82, 2.24) is 9.78 Å². The number of nitrogens with zero attached hydrogens (tertiary/aromatic N) is 2. The minimum Gasteiger partial charge on any atom is -0.504 e. The zero-order valence-corrected chi connectivity index (χ0v) is 14.5. The second-order valence-corrected chi connectivity index (χ2v) is 5.63. The third kappa shape index (κ3) is 3.29. The Kier molecular flexibility index (Phi) is 4.99. The van der Waals surface area contributed by atoms with Crippen molar-refractivity contribution in [1.29, 1.82) is 0 Å². The van der Waals surface area contributed by atoms with Gasteiger partial charge in [-0.15, -0.1) is 0 Å². The van der Waals surface area contributed by atoms with Gasteiger partial charge in [0.25, 0.3) is 0 Å². The summed E-state index contributed by atoms with van der Waals surface area (Å²) in [5.41, 5.74) is 2.99. The van der Waals surface area contributed by atoms with Crippen molar-refractivity contribution in [3.8, 4) is 45.5 Å². The Morgan fingerprint density at radius 1 is 0.885 bits per heavy atom. The maximum absolute atomic E-state index is 9.80. The molecule has 0 aliphatic heterocycles. The van der Waals surface area contributed by atoms with E-state index in [1.807, 2.05) is 6.07 Å². The van der Waals surface area contributed by atoms with Gasteiger partial charge in [0, 0.05) is 11.1 Å². The molecule has 0 atom stereocenters. The van der Waals surface area contributed by atoms with Crippen molar-refractivity contribution in [3.05, 3.63) is 42.5 Å². The lowest BCUT2D eigenvalue weighted by atomic mass is 10.1. The van der Waals surface area contributed by atoms with E-state index >= 15 is 0 Å². The van der Waals surface area contributed by atoms with E-state index in [1.54, 1.807) is 41.1 Å². The summed E-state index contributed by atoms with van der Waals surface area (Å²) in [6, 6.07) is 11.9. The minimum absolute atomic E-state index is 0.0490. The van der Waals surface area contributed by atoms with Gasteiger partial charge >= 0.3 is 0 Å². The third-order valence-electron chi connectivity index (χ3n) is 4.04. The summed E-state index contributed by atoms with van der Waals surface area (Å²) < 4.78 is 12.0. The molecule has 2 aromatic carbocycles. The summed E-state index contributed by atoms with van der Waals surface area (Å²) in [6.45, 7) is 0.246. The number of aliphatic hydroxyl groups excluding tert-OH is 1. The molecule has 0 spiro atoms. The van der Waals surface area contributed by atoms with Crippen LogP contribution in [0.5, 0.6) is 23.0 Å². The number of hydrogen-bond donors (Lipinski definition) is 3. The van der Waals surface area contributed by atoms with Crippen molar-refractivity contribution >= 4 is 0 Å². The minimum atomic E-state index is -0.0672. The highest BCUT2D eigenvalue weighted by molar-refractivity contribution is 5.72. The second kappa shape index (κ2) is 7.37. The SMILES string of the molecule is COc1cc(-c2cc(-c3ccc(O)c(OC)c3)n(CCO)n2)ccc1O. The van der Waals surface area contributed by atoms with E-state index < -0.39 is 0 Å². The molecule has 1 heterocycles. The standard InChI is InChI=1S/C19H20N2O5/c1-25-18-9-12(3-5-16(18)23)14-11-15(21(20-14)7-8-22)13-4-6-17(24)19(10-13)26-2/h3-6,9-11,22-24H,7-8H2,1-2H3. The highest BCUT2D eigenvalue weighted by atomic mass is 16.5. The number of benzene rings is 2. The predicted molar refractivity (Wildman–Crippen MR) is 96.6 cm³/mol. The average Bonchev–Trinajstić information content (AvgIpc) is 3.07. The fourth-order valence-corrected chi connectivity index (χ4v) is 2.73. The Bertz CT molecular complexity index is 920. The highest BCUT2D eigenvalue weighted by Crippen LogP contribution is 2.35. The molecular weight excluding hydrogens is 336 g/mol. The molecule has 7 nitrogen and oxygen atoms in total. The van der Waals surface area contributed by atoms with Crippen molar-refractivity contribution in [2.75, 3.05) is 20.8 Å². The number of phenolic OH excluding ortho intramolecular Hbond substituents is 2. The number of aliphatic hydroxyl groups is 1. The van der Waals surface area contributed by atoms with Crippen molar-refractivity contribution < 1.29 is 24.8 Å². The van der Waals surface area contributed by atoms with Crippen LogP contribution in [0.25, 0.3) is 22.5 Å². The highest BCUT2D eigenvalue weighted by Gasteiger charge is 2.14. The summed E-state index contributed by atoms with van der Waals surface area (Å²) in [5, 5.41) is 33.5. The van der Waals surface area contributed by atoms with E-state index in [-0.39, 0.29) is 18.1 Å². The topological polar surface area (TPSA) is 97.0 Å². The molecule has 3 aromatic rings. The fraction of sp³-hybridized carbons (Fsp3) is 0.211. The van der Waals surface area contributed by atoms with E-state index in [4.69, 9.17) is 9.47 Å². The fourth-order valence-electron chi connectivity index (χ4n) is 2.73. The smallest absolute Gasteiger partial charge is 0.161 e. The molecule has 0 unspecified atom stereocenters. The first kappa shape index (κ1) is 17.6. The van der Waals surface area contributed by atoms with Gasteiger partial charge in [0.05, 0.1) is 38.8 Å². The zero-order valence-electron chi connectivity index (χ0n) is 14.5. The van der Waals surface area contributed by atoms with E-state index in [1.165, 1.54) is 14.2 Å². The second-order valence-electron chi connectivity index (χ2n) is 5.63. The number of aromatic nitrogens is 2. The van der Waals surface area contributed by atoms with E-state index in [2.05, 4.69) is 5.10 Å². The van der Waals surface area contributed by atoms with Crippen LogP contribution in [-0.2, 0) is 6.54 Å². The van der Waals surface area contributed by atoms with E-state index in [0.29, 0.717) is 23.7 Å². The summed E-state index contributed by atoms with van der Waals surface area (Å²) in [6.07, 6.45) is 0. The van der Waals surface area contributed by atoms with Crippen LogP contribution < -0.4 is 9.47 Å². The van der Waals surface area contributed by atoms with Crippen LogP contribution in [0.1, 0.15) is 0 Å². The van der Waals surface area contributed by atoms with Gasteiger partial charge in [-0.2, -0.15) is 5.10 Å². The van der Waals surface area contributed by atoms with Gasteiger partial charge in [0.15, 0.2) is 23.0 Å². The number of hydrogen-bond acceptors (Lipinski definition) is 6. The molecule has 26 heavy (non-hydrogen) atoms. The van der Waals surface area contributed by atoms with Crippen LogP contribution in [0.3, 0.4) is 0 Å². The summed E-state index contributed by atoms with van der Waals surface area (Å²) in [5.74, 6) is 0.807. The first-order valence-electron chi connectivity index (χ1n) is 8.01. The van der Waals surface area contributed by atoms with Crippen molar-refractivity contribution in [2.24, 2.45) is 0 Å². The van der Waals surface area contributed by atoms with Crippen molar-refractivity contribution in [2.45, 2.75) is 6.54 Å². The Hall–Kier alpha value is -3.19. The van der Waals surface area contributed by atoms with Crippen LogP contribution in [0, 0.1) is 0 Å². The first-order valence-corrected chi connectivity index (χ1v) is 8.01. The summed E-state index contributed by atoms with van der Waals surface area (Å²) >= 11 is 0. The lowest BCUT2D eigenvalue weighted by Gasteiger charge is -2.08. The molecule has 0 radical (unpaired) electrons. The van der Waals surface area contributed by atoms with Gasteiger partial charge in [-0.25, -0.2) is 0 Å². The molecular formula is C19H20N2O5. The molecule has 0 aliphatic carbocycles. The van der Waals surface area contributed by atoms with Crippen LogP contribution in [0.4, 0.5) is 0 Å². The molecule has 136 valence electrons.